The van der Waals surface area contributed by atoms with E-state index in [1.807, 2.05) is 0 Å². The first-order chi connectivity index (χ1) is 7.22. The van der Waals surface area contributed by atoms with Gasteiger partial charge in [-0.15, -0.1) is 0 Å². The molecule has 15 heavy (non-hydrogen) atoms. The standard InChI is InChI=1S/C10H11FN2O2/c1-12-10(14)7-4-13-5-8(11)9(7)15-6-2-3-6/h4-6H,2-3H2,1H3,(H,12,14). The number of halogens is 1. The molecule has 0 unspecified atom stereocenters. The van der Waals surface area contributed by atoms with Gasteiger partial charge in [0.15, 0.2) is 11.6 Å². The third-order valence-electron chi connectivity index (χ3n) is 2.13. The number of carbonyl (C=O) groups is 1. The molecule has 1 N–H and O–H groups in total. The minimum absolute atomic E-state index is 0.00634. The second-order valence-corrected chi connectivity index (χ2v) is 3.39. The van der Waals surface area contributed by atoms with Gasteiger partial charge < -0.3 is 10.1 Å². The average Bonchev–Trinajstić information content (AvgIpc) is 3.04. The van der Waals surface area contributed by atoms with Crippen molar-refractivity contribution in [3.63, 3.8) is 0 Å². The molecule has 2 rings (SSSR count). The number of hydrogen-bond donors (Lipinski definition) is 1. The molecule has 1 saturated carbocycles. The van der Waals surface area contributed by atoms with Gasteiger partial charge in [-0.3, -0.25) is 9.78 Å². The number of pyridine rings is 1. The third-order valence-corrected chi connectivity index (χ3v) is 2.13. The first kappa shape index (κ1) is 9.89. The Hall–Kier alpha value is -1.65. The van der Waals surface area contributed by atoms with Crippen LogP contribution in [0.25, 0.3) is 0 Å². The predicted octanol–water partition coefficient (Wildman–Crippen LogP) is 1.12. The Morgan fingerprint density at radius 1 is 1.60 bits per heavy atom. The lowest BCUT2D eigenvalue weighted by Crippen LogP contribution is -2.20. The number of aromatic nitrogens is 1. The van der Waals surface area contributed by atoms with Crippen molar-refractivity contribution in [2.24, 2.45) is 0 Å². The fraction of sp³-hybridized carbons (Fsp3) is 0.400. The second kappa shape index (κ2) is 3.84. The molecule has 1 aliphatic rings. The van der Waals surface area contributed by atoms with Crippen LogP contribution in [0.1, 0.15) is 23.2 Å². The van der Waals surface area contributed by atoms with E-state index >= 15 is 0 Å². The van der Waals surface area contributed by atoms with E-state index in [-0.39, 0.29) is 17.4 Å². The van der Waals surface area contributed by atoms with Crippen molar-refractivity contribution < 1.29 is 13.9 Å². The maximum atomic E-state index is 13.4. The zero-order valence-electron chi connectivity index (χ0n) is 8.29. The van der Waals surface area contributed by atoms with Gasteiger partial charge in [-0.2, -0.15) is 0 Å². The molecule has 0 saturated heterocycles. The maximum Gasteiger partial charge on any atom is 0.256 e. The molecule has 0 bridgehead atoms. The molecule has 0 aliphatic heterocycles. The van der Waals surface area contributed by atoms with E-state index < -0.39 is 11.7 Å². The highest BCUT2D eigenvalue weighted by Gasteiger charge is 2.27. The van der Waals surface area contributed by atoms with Gasteiger partial charge in [0.1, 0.15) is 5.56 Å². The van der Waals surface area contributed by atoms with Crippen LogP contribution in [0.4, 0.5) is 4.39 Å². The van der Waals surface area contributed by atoms with Crippen LogP contribution in [0, 0.1) is 5.82 Å². The van der Waals surface area contributed by atoms with Crippen molar-refractivity contribution in [3.05, 3.63) is 23.8 Å². The van der Waals surface area contributed by atoms with Crippen LogP contribution in [-0.2, 0) is 0 Å². The number of carbonyl (C=O) groups excluding carboxylic acids is 1. The fourth-order valence-corrected chi connectivity index (χ4v) is 1.19. The largest absolute Gasteiger partial charge is 0.486 e. The Bertz CT molecular complexity index is 391. The average molecular weight is 210 g/mol. The van der Waals surface area contributed by atoms with E-state index in [9.17, 15) is 9.18 Å². The zero-order valence-corrected chi connectivity index (χ0v) is 8.29. The molecule has 0 radical (unpaired) electrons. The molecule has 1 amide bonds. The van der Waals surface area contributed by atoms with E-state index in [1.54, 1.807) is 0 Å². The molecule has 0 spiro atoms. The molecular formula is C10H11FN2O2. The first-order valence-electron chi connectivity index (χ1n) is 4.74. The summed E-state index contributed by atoms with van der Waals surface area (Å²) >= 11 is 0. The van der Waals surface area contributed by atoms with E-state index in [0.717, 1.165) is 19.0 Å². The Balaban J connectivity index is 2.33. The van der Waals surface area contributed by atoms with E-state index in [2.05, 4.69) is 10.3 Å². The quantitative estimate of drug-likeness (QED) is 0.813. The summed E-state index contributed by atoms with van der Waals surface area (Å²) in [5, 5.41) is 2.42. The summed E-state index contributed by atoms with van der Waals surface area (Å²) in [6, 6.07) is 0. The van der Waals surface area contributed by atoms with E-state index in [1.165, 1.54) is 13.2 Å². The van der Waals surface area contributed by atoms with Gasteiger partial charge in [0, 0.05) is 13.2 Å². The molecule has 0 aromatic carbocycles. The summed E-state index contributed by atoms with van der Waals surface area (Å²) in [5.74, 6) is -0.979. The highest BCUT2D eigenvalue weighted by molar-refractivity contribution is 5.96. The number of hydrogen-bond acceptors (Lipinski definition) is 3. The molecule has 1 aromatic heterocycles. The molecule has 1 aromatic rings. The summed E-state index contributed by atoms with van der Waals surface area (Å²) < 4.78 is 18.7. The summed E-state index contributed by atoms with van der Waals surface area (Å²) in [5.41, 5.74) is 0.143. The topological polar surface area (TPSA) is 51.2 Å². The Labute approximate surface area is 86.5 Å². The van der Waals surface area contributed by atoms with E-state index in [4.69, 9.17) is 4.74 Å². The minimum atomic E-state index is -0.594. The molecule has 1 aliphatic carbocycles. The van der Waals surface area contributed by atoms with Crippen LogP contribution in [0.15, 0.2) is 12.4 Å². The first-order valence-corrected chi connectivity index (χ1v) is 4.74. The molecule has 4 nitrogen and oxygen atoms in total. The molecule has 1 heterocycles. The number of nitrogens with zero attached hydrogens (tertiary/aromatic N) is 1. The van der Waals surface area contributed by atoms with Gasteiger partial charge in [0.25, 0.3) is 5.91 Å². The van der Waals surface area contributed by atoms with Crippen molar-refractivity contribution in [2.45, 2.75) is 18.9 Å². The van der Waals surface area contributed by atoms with Gasteiger partial charge in [-0.05, 0) is 12.8 Å². The van der Waals surface area contributed by atoms with Crippen LogP contribution in [-0.4, -0.2) is 24.0 Å². The van der Waals surface area contributed by atoms with Crippen molar-refractivity contribution in [2.75, 3.05) is 7.05 Å². The summed E-state index contributed by atoms with van der Waals surface area (Å²) in [6.07, 6.45) is 4.22. The summed E-state index contributed by atoms with van der Waals surface area (Å²) in [7, 11) is 1.48. The lowest BCUT2D eigenvalue weighted by molar-refractivity contribution is 0.0957. The van der Waals surface area contributed by atoms with Gasteiger partial charge in [-0.1, -0.05) is 0 Å². The maximum absolute atomic E-state index is 13.4. The zero-order chi connectivity index (χ0) is 10.8. The monoisotopic (exact) mass is 210 g/mol. The van der Waals surface area contributed by atoms with Gasteiger partial charge in [-0.25, -0.2) is 4.39 Å². The molecular weight excluding hydrogens is 199 g/mol. The third kappa shape index (κ3) is 2.06. The van der Waals surface area contributed by atoms with Crippen molar-refractivity contribution in [3.8, 4) is 5.75 Å². The van der Waals surface area contributed by atoms with Crippen molar-refractivity contribution in [1.82, 2.24) is 10.3 Å². The second-order valence-electron chi connectivity index (χ2n) is 3.39. The number of rotatable bonds is 3. The number of amides is 1. The Kier molecular flexibility index (Phi) is 2.53. The van der Waals surface area contributed by atoms with Crippen LogP contribution in [0.5, 0.6) is 5.75 Å². The number of nitrogens with one attached hydrogen (secondary N) is 1. The minimum Gasteiger partial charge on any atom is -0.486 e. The fourth-order valence-electron chi connectivity index (χ4n) is 1.19. The highest BCUT2D eigenvalue weighted by Crippen LogP contribution is 2.30. The van der Waals surface area contributed by atoms with Crippen LogP contribution in [0.3, 0.4) is 0 Å². The van der Waals surface area contributed by atoms with Crippen molar-refractivity contribution >= 4 is 5.91 Å². The normalized spacial score (nSPS) is 14.8. The van der Waals surface area contributed by atoms with E-state index in [0.29, 0.717) is 0 Å². The van der Waals surface area contributed by atoms with Gasteiger partial charge >= 0.3 is 0 Å². The lowest BCUT2D eigenvalue weighted by atomic mass is 10.2. The summed E-state index contributed by atoms with van der Waals surface area (Å²) in [4.78, 5) is 15.0. The number of ether oxygens (including phenoxy) is 1. The Morgan fingerprint density at radius 2 is 2.33 bits per heavy atom. The predicted molar refractivity (Wildman–Crippen MR) is 51.2 cm³/mol. The molecule has 0 atom stereocenters. The van der Waals surface area contributed by atoms with Crippen molar-refractivity contribution in [1.29, 1.82) is 0 Å². The SMILES string of the molecule is CNC(=O)c1cncc(F)c1OC1CC1. The molecule has 5 heteroatoms. The van der Waals surface area contributed by atoms with Crippen LogP contribution < -0.4 is 10.1 Å². The summed E-state index contributed by atoms with van der Waals surface area (Å²) in [6.45, 7) is 0. The Morgan fingerprint density at radius 3 is 2.93 bits per heavy atom. The van der Waals surface area contributed by atoms with Crippen LogP contribution in [0.2, 0.25) is 0 Å². The van der Waals surface area contributed by atoms with Crippen LogP contribution >= 0.6 is 0 Å². The lowest BCUT2D eigenvalue weighted by Gasteiger charge is -2.09. The molecule has 80 valence electrons. The highest BCUT2D eigenvalue weighted by atomic mass is 19.1. The smallest absolute Gasteiger partial charge is 0.256 e. The van der Waals surface area contributed by atoms with Gasteiger partial charge in [0.2, 0.25) is 0 Å². The molecule has 1 fully saturated rings. The van der Waals surface area contributed by atoms with Gasteiger partial charge in [0.05, 0.1) is 12.3 Å².